The highest BCUT2D eigenvalue weighted by molar-refractivity contribution is 5.86. The Morgan fingerprint density at radius 2 is 1.88 bits per heavy atom. The van der Waals surface area contributed by atoms with Gasteiger partial charge in [0.1, 0.15) is 13.2 Å². The summed E-state index contributed by atoms with van der Waals surface area (Å²) in [5.74, 6) is 1.30. The van der Waals surface area contributed by atoms with Gasteiger partial charge in [-0.05, 0) is 36.5 Å². The summed E-state index contributed by atoms with van der Waals surface area (Å²) in [4.78, 5) is 23.2. The van der Waals surface area contributed by atoms with E-state index in [1.54, 1.807) is 0 Å². The van der Waals surface area contributed by atoms with Crippen molar-refractivity contribution in [1.82, 2.24) is 10.6 Å². The molecule has 24 heavy (non-hydrogen) atoms. The van der Waals surface area contributed by atoms with E-state index in [1.165, 1.54) is 0 Å². The van der Waals surface area contributed by atoms with Crippen molar-refractivity contribution in [1.29, 1.82) is 0 Å². The van der Waals surface area contributed by atoms with Crippen LogP contribution in [0.15, 0.2) is 18.2 Å². The normalized spacial score (nSPS) is 16.5. The lowest BCUT2D eigenvalue weighted by molar-refractivity contribution is -0.125. The minimum Gasteiger partial charge on any atom is -0.486 e. The van der Waals surface area contributed by atoms with E-state index in [-0.39, 0.29) is 43.4 Å². The molecule has 132 valence electrons. The Labute approximate surface area is 146 Å². The first kappa shape index (κ1) is 18.4. The molecular weight excluding hydrogens is 334 g/mol. The second-order valence-electron chi connectivity index (χ2n) is 5.77. The Balaban J connectivity index is 0.00000208. The van der Waals surface area contributed by atoms with Crippen molar-refractivity contribution in [3.63, 3.8) is 0 Å². The van der Waals surface area contributed by atoms with Crippen molar-refractivity contribution in [2.24, 2.45) is 11.7 Å². The number of halogens is 1. The number of rotatable bonds is 6. The van der Waals surface area contributed by atoms with Crippen molar-refractivity contribution in [2.45, 2.75) is 18.9 Å². The molecule has 2 aliphatic rings. The fourth-order valence-corrected chi connectivity index (χ4v) is 2.63. The number of nitrogens with two attached hydrogens (primary N) is 1. The van der Waals surface area contributed by atoms with Gasteiger partial charge in [-0.15, -0.1) is 12.4 Å². The van der Waals surface area contributed by atoms with Crippen LogP contribution in [0.2, 0.25) is 0 Å². The van der Waals surface area contributed by atoms with Gasteiger partial charge < -0.3 is 25.8 Å². The van der Waals surface area contributed by atoms with Gasteiger partial charge in [0, 0.05) is 0 Å². The lowest BCUT2D eigenvalue weighted by atomic mass is 10.0. The molecule has 1 atom stereocenters. The van der Waals surface area contributed by atoms with E-state index in [4.69, 9.17) is 15.2 Å². The minimum absolute atomic E-state index is 0. The Hall–Kier alpha value is -1.99. The average molecular weight is 356 g/mol. The maximum atomic E-state index is 12.0. The van der Waals surface area contributed by atoms with E-state index in [0.717, 1.165) is 24.2 Å². The van der Waals surface area contributed by atoms with Crippen LogP contribution in [0.5, 0.6) is 11.5 Å². The molecule has 1 unspecified atom stereocenters. The second kappa shape index (κ2) is 8.21. The monoisotopic (exact) mass is 355 g/mol. The number of hydrogen-bond acceptors (Lipinski definition) is 5. The predicted molar refractivity (Wildman–Crippen MR) is 90.4 cm³/mol. The minimum atomic E-state index is -0.345. The van der Waals surface area contributed by atoms with Crippen LogP contribution in [0.3, 0.4) is 0 Å². The highest BCUT2D eigenvalue weighted by Crippen LogP contribution is 2.43. The smallest absolute Gasteiger partial charge is 0.239 e. The van der Waals surface area contributed by atoms with Gasteiger partial charge in [-0.1, -0.05) is 6.07 Å². The molecule has 0 aromatic heterocycles. The molecule has 1 saturated carbocycles. The molecule has 1 fully saturated rings. The van der Waals surface area contributed by atoms with E-state index >= 15 is 0 Å². The topological polar surface area (TPSA) is 103 Å². The maximum Gasteiger partial charge on any atom is 0.239 e. The summed E-state index contributed by atoms with van der Waals surface area (Å²) in [6.45, 7) is 0.892. The van der Waals surface area contributed by atoms with Crippen LogP contribution in [0.25, 0.3) is 0 Å². The summed E-state index contributed by atoms with van der Waals surface area (Å²) in [6, 6.07) is 5.68. The van der Waals surface area contributed by atoms with Crippen molar-refractivity contribution in [3.05, 3.63) is 23.8 Å². The first-order valence-corrected chi connectivity index (χ1v) is 7.83. The molecule has 3 rings (SSSR count). The Bertz CT molecular complexity index is 607. The van der Waals surface area contributed by atoms with Crippen LogP contribution < -0.4 is 25.8 Å². The first-order chi connectivity index (χ1) is 11.2. The van der Waals surface area contributed by atoms with E-state index in [9.17, 15) is 9.59 Å². The van der Waals surface area contributed by atoms with Gasteiger partial charge in [-0.3, -0.25) is 9.59 Å². The molecule has 1 aromatic rings. The van der Waals surface area contributed by atoms with Crippen LogP contribution >= 0.6 is 12.4 Å². The molecule has 0 saturated heterocycles. The Morgan fingerprint density at radius 1 is 1.17 bits per heavy atom. The average Bonchev–Trinajstić information content (AvgIpc) is 3.42. The Kier molecular flexibility index (Phi) is 6.28. The zero-order valence-electron chi connectivity index (χ0n) is 13.2. The highest BCUT2D eigenvalue weighted by Gasteiger charge is 2.34. The third-order valence-electron chi connectivity index (χ3n) is 3.97. The van der Waals surface area contributed by atoms with Crippen LogP contribution in [0.4, 0.5) is 0 Å². The van der Waals surface area contributed by atoms with Gasteiger partial charge >= 0.3 is 0 Å². The van der Waals surface area contributed by atoms with Crippen molar-refractivity contribution >= 4 is 24.2 Å². The van der Waals surface area contributed by atoms with Gasteiger partial charge in [-0.2, -0.15) is 0 Å². The zero-order valence-corrected chi connectivity index (χ0v) is 14.1. The number of amides is 2. The molecule has 0 radical (unpaired) electrons. The summed E-state index contributed by atoms with van der Waals surface area (Å²) < 4.78 is 11.1. The summed E-state index contributed by atoms with van der Waals surface area (Å²) in [5.41, 5.74) is 6.20. The molecular formula is C16H22ClN3O4. The van der Waals surface area contributed by atoms with E-state index in [0.29, 0.717) is 24.9 Å². The number of fused-ring (bicyclic) bond motifs is 1. The fourth-order valence-electron chi connectivity index (χ4n) is 2.63. The molecule has 8 heteroatoms. The molecule has 2 amide bonds. The third kappa shape index (κ3) is 4.52. The number of ether oxygens (including phenoxy) is 2. The lowest BCUT2D eigenvalue weighted by Crippen LogP contribution is -2.41. The van der Waals surface area contributed by atoms with Gasteiger partial charge in [0.15, 0.2) is 11.5 Å². The molecule has 0 bridgehead atoms. The van der Waals surface area contributed by atoms with E-state index < -0.39 is 0 Å². The van der Waals surface area contributed by atoms with E-state index in [1.807, 2.05) is 18.2 Å². The third-order valence-corrected chi connectivity index (χ3v) is 3.97. The standard InChI is InChI=1S/C16H21N3O4.ClH/c17-8-14(20)18-9-15(21)19-16(10-1-2-10)11-3-4-12-13(7-11)23-6-5-22-12;/h3-4,7,10,16H,1-2,5-6,8-9,17H2,(H,18,20)(H,19,21);1H. The maximum absolute atomic E-state index is 12.0. The molecule has 4 N–H and O–H groups in total. The molecule has 7 nitrogen and oxygen atoms in total. The number of nitrogens with one attached hydrogen (secondary N) is 2. The first-order valence-electron chi connectivity index (χ1n) is 7.83. The number of carbonyl (C=O) groups is 2. The van der Waals surface area contributed by atoms with Crippen LogP contribution in [-0.2, 0) is 9.59 Å². The largest absolute Gasteiger partial charge is 0.486 e. The van der Waals surface area contributed by atoms with Crippen LogP contribution in [0, 0.1) is 5.92 Å². The predicted octanol–water partition coefficient (Wildman–Crippen LogP) is 0.522. The summed E-state index contributed by atoms with van der Waals surface area (Å²) in [5, 5.41) is 5.47. The zero-order chi connectivity index (χ0) is 16.2. The van der Waals surface area contributed by atoms with Crippen molar-refractivity contribution < 1.29 is 19.1 Å². The van der Waals surface area contributed by atoms with Gasteiger partial charge in [-0.25, -0.2) is 0 Å². The molecule has 1 heterocycles. The fraction of sp³-hybridized carbons (Fsp3) is 0.500. The van der Waals surface area contributed by atoms with E-state index in [2.05, 4.69) is 10.6 Å². The number of carbonyl (C=O) groups excluding carboxylic acids is 2. The summed E-state index contributed by atoms with van der Waals surface area (Å²) in [6.07, 6.45) is 2.16. The van der Waals surface area contributed by atoms with Crippen molar-refractivity contribution in [2.75, 3.05) is 26.3 Å². The number of hydrogen-bond donors (Lipinski definition) is 3. The van der Waals surface area contributed by atoms with Gasteiger partial charge in [0.25, 0.3) is 0 Å². The second-order valence-corrected chi connectivity index (χ2v) is 5.77. The van der Waals surface area contributed by atoms with Crippen molar-refractivity contribution in [3.8, 4) is 11.5 Å². The molecule has 1 aliphatic carbocycles. The lowest BCUT2D eigenvalue weighted by Gasteiger charge is -2.23. The highest BCUT2D eigenvalue weighted by atomic mass is 35.5. The summed E-state index contributed by atoms with van der Waals surface area (Å²) in [7, 11) is 0. The van der Waals surface area contributed by atoms with Gasteiger partial charge in [0.2, 0.25) is 11.8 Å². The molecule has 1 aliphatic heterocycles. The molecule has 1 aromatic carbocycles. The van der Waals surface area contributed by atoms with Crippen LogP contribution in [-0.4, -0.2) is 38.1 Å². The number of benzene rings is 1. The van der Waals surface area contributed by atoms with Gasteiger partial charge in [0.05, 0.1) is 19.1 Å². The Morgan fingerprint density at radius 3 is 2.54 bits per heavy atom. The SMILES string of the molecule is Cl.NCC(=O)NCC(=O)NC(c1ccc2c(c1)OCCO2)C1CC1. The molecule has 0 spiro atoms. The quantitative estimate of drug-likeness (QED) is 0.690. The van der Waals surface area contributed by atoms with Crippen LogP contribution in [0.1, 0.15) is 24.4 Å². The summed E-state index contributed by atoms with van der Waals surface area (Å²) >= 11 is 0.